The van der Waals surface area contributed by atoms with Crippen LogP contribution in [0.1, 0.15) is 45.1 Å². The molecule has 3 rings (SSSR count). The first-order chi connectivity index (χ1) is 10.2. The Balaban J connectivity index is 1.79. The van der Waals surface area contributed by atoms with Crippen LogP contribution in [-0.4, -0.2) is 12.5 Å². The lowest BCUT2D eigenvalue weighted by atomic mass is 10.0. The van der Waals surface area contributed by atoms with Gasteiger partial charge in [-0.3, -0.25) is 4.79 Å². The van der Waals surface area contributed by atoms with Gasteiger partial charge >= 0.3 is 0 Å². The van der Waals surface area contributed by atoms with Gasteiger partial charge in [-0.15, -0.1) is 11.3 Å². The van der Waals surface area contributed by atoms with Crippen LogP contribution in [0.15, 0.2) is 30.3 Å². The number of fused-ring (bicyclic) bond motifs is 1. The van der Waals surface area contributed by atoms with Gasteiger partial charge < -0.3 is 10.1 Å². The molecule has 1 aliphatic rings. The van der Waals surface area contributed by atoms with Gasteiger partial charge in [-0.05, 0) is 31.0 Å². The average Bonchev–Trinajstić information content (AvgIpc) is 2.89. The molecular weight excluding hydrogens is 282 g/mol. The number of rotatable bonds is 3. The molecule has 110 valence electrons. The van der Waals surface area contributed by atoms with Gasteiger partial charge in [-0.1, -0.05) is 25.1 Å². The Morgan fingerprint density at radius 2 is 2.24 bits per heavy atom. The minimum absolute atomic E-state index is 0.0181. The number of hydrogen-bond acceptors (Lipinski definition) is 3. The summed E-state index contributed by atoms with van der Waals surface area (Å²) in [5, 5.41) is 3.15. The molecule has 2 aromatic rings. The third-order valence-electron chi connectivity index (χ3n) is 3.89. The maximum atomic E-state index is 12.5. The highest BCUT2D eigenvalue weighted by atomic mass is 32.1. The quantitative estimate of drug-likeness (QED) is 0.934. The van der Waals surface area contributed by atoms with Crippen molar-refractivity contribution in [2.45, 2.75) is 32.7 Å². The van der Waals surface area contributed by atoms with Gasteiger partial charge in [-0.2, -0.15) is 0 Å². The Labute approximate surface area is 129 Å². The maximum Gasteiger partial charge on any atom is 0.261 e. The van der Waals surface area contributed by atoms with E-state index in [9.17, 15) is 4.79 Å². The lowest BCUT2D eigenvalue weighted by molar-refractivity contribution is 0.0929. The van der Waals surface area contributed by atoms with Gasteiger partial charge in [-0.25, -0.2) is 0 Å². The maximum absolute atomic E-state index is 12.5. The summed E-state index contributed by atoms with van der Waals surface area (Å²) < 4.78 is 5.63. The molecule has 0 radical (unpaired) electrons. The zero-order chi connectivity index (χ0) is 14.8. The van der Waals surface area contributed by atoms with Crippen molar-refractivity contribution in [1.29, 1.82) is 0 Å². The molecule has 1 amide bonds. The lowest BCUT2D eigenvalue weighted by Crippen LogP contribution is -2.31. The van der Waals surface area contributed by atoms with Crippen LogP contribution in [0.4, 0.5) is 0 Å². The van der Waals surface area contributed by atoms with Crippen molar-refractivity contribution in [2.75, 3.05) is 6.61 Å². The van der Waals surface area contributed by atoms with Crippen LogP contribution in [0.5, 0.6) is 5.75 Å². The predicted molar refractivity (Wildman–Crippen MR) is 85.2 cm³/mol. The van der Waals surface area contributed by atoms with Crippen LogP contribution < -0.4 is 10.1 Å². The summed E-state index contributed by atoms with van der Waals surface area (Å²) in [7, 11) is 0. The molecule has 1 atom stereocenters. The second-order valence-electron chi connectivity index (χ2n) is 5.25. The van der Waals surface area contributed by atoms with Crippen LogP contribution in [0, 0.1) is 6.92 Å². The lowest BCUT2D eigenvalue weighted by Gasteiger charge is -2.26. The molecule has 4 heteroatoms. The molecule has 1 aromatic carbocycles. The number of nitrogens with one attached hydrogen (secondary N) is 1. The topological polar surface area (TPSA) is 38.3 Å². The fourth-order valence-electron chi connectivity index (χ4n) is 2.70. The van der Waals surface area contributed by atoms with E-state index in [4.69, 9.17) is 4.74 Å². The first-order valence-corrected chi connectivity index (χ1v) is 8.12. The Morgan fingerprint density at radius 1 is 1.43 bits per heavy atom. The fourth-order valence-corrected chi connectivity index (χ4v) is 3.72. The van der Waals surface area contributed by atoms with Crippen LogP contribution in [0.25, 0.3) is 0 Å². The highest BCUT2D eigenvalue weighted by Gasteiger charge is 2.23. The van der Waals surface area contributed by atoms with Crippen LogP contribution in [0.2, 0.25) is 0 Å². The number of aryl methyl sites for hydroxylation is 2. The van der Waals surface area contributed by atoms with Crippen LogP contribution in [-0.2, 0) is 6.42 Å². The Kier molecular flexibility index (Phi) is 3.97. The number of thiophene rings is 1. The van der Waals surface area contributed by atoms with Gasteiger partial charge in [0.15, 0.2) is 0 Å². The number of carbonyl (C=O) groups excluding carboxylic acids is 1. The molecule has 0 saturated heterocycles. The molecule has 0 fully saturated rings. The number of ether oxygens (including phenoxy) is 1. The van der Waals surface area contributed by atoms with Crippen molar-refractivity contribution in [2.24, 2.45) is 0 Å². The molecule has 0 aliphatic carbocycles. The molecule has 0 spiro atoms. The van der Waals surface area contributed by atoms with Crippen LogP contribution >= 0.6 is 11.3 Å². The summed E-state index contributed by atoms with van der Waals surface area (Å²) in [6, 6.07) is 9.97. The zero-order valence-electron chi connectivity index (χ0n) is 12.3. The average molecular weight is 301 g/mol. The Hall–Kier alpha value is -1.81. The van der Waals surface area contributed by atoms with E-state index in [-0.39, 0.29) is 11.9 Å². The number of benzene rings is 1. The SMILES string of the molecule is CCc1cc(C(=O)N[C@H]2CCOc3ccccc32)sc1C. The van der Waals surface area contributed by atoms with E-state index in [1.165, 1.54) is 10.4 Å². The van der Waals surface area contributed by atoms with E-state index in [2.05, 4.69) is 19.2 Å². The minimum atomic E-state index is 0.0181. The molecule has 1 aromatic heterocycles. The highest BCUT2D eigenvalue weighted by molar-refractivity contribution is 7.14. The van der Waals surface area contributed by atoms with Crippen molar-refractivity contribution in [3.8, 4) is 5.75 Å². The standard InChI is InChI=1S/C17H19NO2S/c1-3-12-10-16(21-11(12)2)17(19)18-14-8-9-20-15-7-5-4-6-13(14)15/h4-7,10,14H,3,8-9H2,1-2H3,(H,18,19)/t14-/m0/s1. The number of carbonyl (C=O) groups is 1. The van der Waals surface area contributed by atoms with E-state index in [0.717, 1.165) is 29.0 Å². The number of para-hydroxylation sites is 1. The first-order valence-electron chi connectivity index (χ1n) is 7.31. The zero-order valence-corrected chi connectivity index (χ0v) is 13.1. The first kappa shape index (κ1) is 14.1. The largest absolute Gasteiger partial charge is 0.493 e. The highest BCUT2D eigenvalue weighted by Crippen LogP contribution is 2.32. The van der Waals surface area contributed by atoms with E-state index in [1.807, 2.05) is 30.3 Å². The second kappa shape index (κ2) is 5.90. The van der Waals surface area contributed by atoms with Crippen molar-refractivity contribution >= 4 is 17.2 Å². The Bertz CT molecular complexity index is 663. The van der Waals surface area contributed by atoms with Gasteiger partial charge in [0.1, 0.15) is 5.75 Å². The number of amides is 1. The summed E-state index contributed by atoms with van der Waals surface area (Å²) in [6.45, 7) is 4.83. The second-order valence-corrected chi connectivity index (χ2v) is 6.50. The van der Waals surface area contributed by atoms with Crippen molar-refractivity contribution < 1.29 is 9.53 Å². The third kappa shape index (κ3) is 2.81. The monoisotopic (exact) mass is 301 g/mol. The Morgan fingerprint density at radius 3 is 3.00 bits per heavy atom. The van der Waals surface area contributed by atoms with E-state index >= 15 is 0 Å². The molecule has 0 unspecified atom stereocenters. The number of hydrogen-bond donors (Lipinski definition) is 1. The van der Waals surface area contributed by atoms with E-state index in [0.29, 0.717) is 6.61 Å². The smallest absolute Gasteiger partial charge is 0.261 e. The molecule has 1 aliphatic heterocycles. The summed E-state index contributed by atoms with van der Waals surface area (Å²) in [5.41, 5.74) is 2.33. The molecular formula is C17H19NO2S. The molecule has 21 heavy (non-hydrogen) atoms. The predicted octanol–water partition coefficient (Wildman–Crippen LogP) is 3.87. The van der Waals surface area contributed by atoms with Crippen molar-refractivity contribution in [3.05, 3.63) is 51.2 Å². The molecule has 1 N–H and O–H groups in total. The molecule has 2 heterocycles. The summed E-state index contributed by atoms with van der Waals surface area (Å²) in [5.74, 6) is 0.898. The summed E-state index contributed by atoms with van der Waals surface area (Å²) in [4.78, 5) is 14.5. The van der Waals surface area contributed by atoms with Gasteiger partial charge in [0.05, 0.1) is 17.5 Å². The van der Waals surface area contributed by atoms with Gasteiger partial charge in [0, 0.05) is 16.9 Å². The van der Waals surface area contributed by atoms with E-state index < -0.39 is 0 Å². The summed E-state index contributed by atoms with van der Waals surface area (Å²) in [6.07, 6.45) is 1.78. The fraction of sp³-hybridized carbons (Fsp3) is 0.353. The van der Waals surface area contributed by atoms with Crippen LogP contribution in [0.3, 0.4) is 0 Å². The van der Waals surface area contributed by atoms with Gasteiger partial charge in [0.2, 0.25) is 0 Å². The minimum Gasteiger partial charge on any atom is -0.493 e. The molecule has 0 bridgehead atoms. The van der Waals surface area contributed by atoms with Gasteiger partial charge in [0.25, 0.3) is 5.91 Å². The van der Waals surface area contributed by atoms with E-state index in [1.54, 1.807) is 11.3 Å². The van der Waals surface area contributed by atoms with Crippen molar-refractivity contribution in [1.82, 2.24) is 5.32 Å². The van der Waals surface area contributed by atoms with Crippen molar-refractivity contribution in [3.63, 3.8) is 0 Å². The molecule has 0 saturated carbocycles. The normalized spacial score (nSPS) is 17.0. The summed E-state index contributed by atoms with van der Waals surface area (Å²) >= 11 is 1.57. The third-order valence-corrected chi connectivity index (χ3v) is 4.98. The molecule has 3 nitrogen and oxygen atoms in total.